The highest BCUT2D eigenvalue weighted by Crippen LogP contribution is 2.60. The van der Waals surface area contributed by atoms with Crippen molar-refractivity contribution in [3.63, 3.8) is 0 Å². The summed E-state index contributed by atoms with van der Waals surface area (Å²) in [6, 6.07) is 0. The zero-order valence-electron chi connectivity index (χ0n) is 29.6. The number of alkyl halides is 6. The standard InChI is InChI=1S/C32H44F6O4/c1-20-23(18-24(39)19-27(20)40)12-11-22-9-6-16-29(4)25(13-14-26(22)29)21(8-5-15-28(2,3)41)10-7-17-30(42,31(33,34)35)32(36,37)38/h11-12,21,24-27,39-42H,1,5-6,8-10,13-16,18-19H2,2-4H3/b22-11-,23-12-/t21-,24-,25-,26+,27+,29-/m1/s1/i2D3,3D3. The molecule has 3 saturated carbocycles. The molecule has 0 aromatic carbocycles. The normalized spacial score (nSPS) is 34.8. The summed E-state index contributed by atoms with van der Waals surface area (Å²) in [6.07, 6.45) is -7.99. The maximum Gasteiger partial charge on any atom is 0.438 e. The van der Waals surface area contributed by atoms with Gasteiger partial charge in [-0.25, -0.2) is 0 Å². The van der Waals surface area contributed by atoms with Gasteiger partial charge < -0.3 is 20.4 Å². The van der Waals surface area contributed by atoms with E-state index in [1.165, 1.54) is 0 Å². The van der Waals surface area contributed by atoms with Crippen molar-refractivity contribution < 1.29 is 55.0 Å². The highest BCUT2D eigenvalue weighted by molar-refractivity contribution is 5.38. The third kappa shape index (κ3) is 7.64. The van der Waals surface area contributed by atoms with Crippen LogP contribution < -0.4 is 0 Å². The molecule has 0 amide bonds. The van der Waals surface area contributed by atoms with Crippen LogP contribution in [-0.2, 0) is 0 Å². The number of allylic oxidation sites excluding steroid dienone is 3. The molecule has 238 valence electrons. The lowest BCUT2D eigenvalue weighted by Gasteiger charge is -2.45. The van der Waals surface area contributed by atoms with Gasteiger partial charge in [0.1, 0.15) is 0 Å². The molecule has 3 fully saturated rings. The Kier molecular flexibility index (Phi) is 8.02. The molecular weight excluding hydrogens is 562 g/mol. The molecule has 4 nitrogen and oxygen atoms in total. The molecular formula is C32H44F6O4. The Morgan fingerprint density at radius 1 is 1.10 bits per heavy atom. The van der Waals surface area contributed by atoms with Crippen molar-refractivity contribution in [1.29, 1.82) is 0 Å². The smallest absolute Gasteiger partial charge is 0.393 e. The van der Waals surface area contributed by atoms with E-state index in [-0.39, 0.29) is 31.1 Å². The van der Waals surface area contributed by atoms with Crippen LogP contribution >= 0.6 is 0 Å². The summed E-state index contributed by atoms with van der Waals surface area (Å²) in [6.45, 7) is -0.707. The van der Waals surface area contributed by atoms with Gasteiger partial charge >= 0.3 is 18.0 Å². The minimum Gasteiger partial charge on any atom is -0.393 e. The second-order valence-corrected chi connectivity index (χ2v) is 12.4. The van der Waals surface area contributed by atoms with E-state index in [2.05, 4.69) is 6.58 Å². The van der Waals surface area contributed by atoms with Crippen LogP contribution in [0.15, 0.2) is 35.5 Å². The van der Waals surface area contributed by atoms with Gasteiger partial charge in [0.25, 0.3) is 0 Å². The molecule has 0 saturated heterocycles. The minimum atomic E-state index is -6.14. The summed E-state index contributed by atoms with van der Waals surface area (Å²) >= 11 is 0. The zero-order valence-corrected chi connectivity index (χ0v) is 23.6. The number of aliphatic hydroxyl groups is 4. The average Bonchev–Trinajstić information content (AvgIpc) is 3.28. The second kappa shape index (κ2) is 12.7. The fourth-order valence-corrected chi connectivity index (χ4v) is 7.20. The highest BCUT2D eigenvalue weighted by atomic mass is 19.4. The number of rotatable bonds is 7. The summed E-state index contributed by atoms with van der Waals surface area (Å²) in [7, 11) is 0. The quantitative estimate of drug-likeness (QED) is 0.186. The van der Waals surface area contributed by atoms with E-state index in [0.29, 0.717) is 49.7 Å². The molecule has 0 aromatic heterocycles. The Labute approximate surface area is 253 Å². The van der Waals surface area contributed by atoms with Gasteiger partial charge in [-0.05, 0) is 105 Å². The minimum absolute atomic E-state index is 0.0424. The van der Waals surface area contributed by atoms with Crippen LogP contribution in [0.4, 0.5) is 26.3 Å². The summed E-state index contributed by atoms with van der Waals surface area (Å²) < 4.78 is 126. The van der Waals surface area contributed by atoms with E-state index in [4.69, 9.17) is 8.22 Å². The first-order valence-electron chi connectivity index (χ1n) is 17.2. The molecule has 0 aromatic rings. The molecule has 0 aliphatic heterocycles. The number of hydrogen-bond donors (Lipinski definition) is 4. The fraction of sp³-hybridized carbons (Fsp3) is 0.750. The molecule has 0 spiro atoms. The van der Waals surface area contributed by atoms with Gasteiger partial charge in [0, 0.05) is 21.1 Å². The fourth-order valence-electron chi connectivity index (χ4n) is 7.20. The van der Waals surface area contributed by atoms with Gasteiger partial charge in [-0.15, -0.1) is 0 Å². The monoisotopic (exact) mass is 612 g/mol. The number of aliphatic hydroxyl groups excluding tert-OH is 2. The summed E-state index contributed by atoms with van der Waals surface area (Å²) in [4.78, 5) is 0. The van der Waals surface area contributed by atoms with Crippen molar-refractivity contribution in [2.45, 2.75) is 127 Å². The molecule has 0 heterocycles. The van der Waals surface area contributed by atoms with E-state index < -0.39 is 73.6 Å². The van der Waals surface area contributed by atoms with Crippen LogP contribution in [0.1, 0.15) is 99.5 Å². The van der Waals surface area contributed by atoms with E-state index >= 15 is 0 Å². The predicted octanol–water partition coefficient (Wildman–Crippen LogP) is 6.93. The number of fused-ring (bicyclic) bond motifs is 1. The van der Waals surface area contributed by atoms with Gasteiger partial charge in [0.05, 0.1) is 17.8 Å². The van der Waals surface area contributed by atoms with Crippen LogP contribution in [0.2, 0.25) is 0 Å². The third-order valence-electron chi connectivity index (χ3n) is 9.44. The third-order valence-corrected chi connectivity index (χ3v) is 9.44. The van der Waals surface area contributed by atoms with E-state index in [1.54, 1.807) is 0 Å². The highest BCUT2D eigenvalue weighted by Gasteiger charge is 2.70. The van der Waals surface area contributed by atoms with Crippen LogP contribution in [-0.4, -0.2) is 56.2 Å². The Balaban J connectivity index is 1.97. The second-order valence-electron chi connectivity index (χ2n) is 12.4. The summed E-state index contributed by atoms with van der Waals surface area (Å²) in [5.74, 6) is 1.83. The number of halogens is 6. The zero-order chi connectivity index (χ0) is 36.7. The van der Waals surface area contributed by atoms with Crippen LogP contribution in [0.3, 0.4) is 0 Å². The van der Waals surface area contributed by atoms with Crippen molar-refractivity contribution in [2.75, 3.05) is 0 Å². The van der Waals surface area contributed by atoms with Crippen molar-refractivity contribution in [2.24, 2.45) is 23.2 Å². The predicted molar refractivity (Wildman–Crippen MR) is 148 cm³/mol. The first-order chi connectivity index (χ1) is 21.7. The molecule has 0 unspecified atom stereocenters. The number of hydrogen-bond acceptors (Lipinski definition) is 4. The lowest BCUT2D eigenvalue weighted by molar-refractivity contribution is -0.343. The molecule has 4 N–H and O–H groups in total. The van der Waals surface area contributed by atoms with Gasteiger partial charge in [-0.3, -0.25) is 0 Å². The van der Waals surface area contributed by atoms with E-state index in [1.807, 2.05) is 25.0 Å². The van der Waals surface area contributed by atoms with Crippen molar-refractivity contribution in [3.8, 4) is 11.8 Å². The SMILES string of the molecule is [2H]C([2H])([2H])C(O)(CCC[C@H](CC#CC(O)(C(F)(F)F)C(F)(F)F)[C@H]1CC[C@H]2/C(=C\C=C3\C[C@@H](O)C[C@H](O)C3=C)CCC[C@]12C)C([2H])([2H])[2H]. The van der Waals surface area contributed by atoms with Gasteiger partial charge in [-0.2, -0.15) is 26.3 Å². The van der Waals surface area contributed by atoms with E-state index in [9.17, 15) is 46.8 Å². The van der Waals surface area contributed by atoms with Gasteiger partial charge in [0.2, 0.25) is 0 Å². The maximum absolute atomic E-state index is 13.3. The Morgan fingerprint density at radius 2 is 1.76 bits per heavy atom. The molecule has 0 bridgehead atoms. The molecule has 3 aliphatic carbocycles. The molecule has 6 atom stereocenters. The van der Waals surface area contributed by atoms with Crippen LogP contribution in [0, 0.1) is 35.0 Å². The van der Waals surface area contributed by atoms with Crippen LogP contribution in [0.5, 0.6) is 0 Å². The Hall–Kier alpha value is -1.80. The molecule has 10 heteroatoms. The van der Waals surface area contributed by atoms with Gasteiger partial charge in [-0.1, -0.05) is 43.6 Å². The van der Waals surface area contributed by atoms with Crippen LogP contribution in [0.25, 0.3) is 0 Å². The lowest BCUT2D eigenvalue weighted by atomic mass is 9.60. The van der Waals surface area contributed by atoms with Gasteiger partial charge in [0.15, 0.2) is 0 Å². The topological polar surface area (TPSA) is 80.9 Å². The average molecular weight is 613 g/mol. The van der Waals surface area contributed by atoms with Crippen molar-refractivity contribution in [1.82, 2.24) is 0 Å². The van der Waals surface area contributed by atoms with Crippen molar-refractivity contribution >= 4 is 0 Å². The molecule has 3 aliphatic rings. The maximum atomic E-state index is 13.3. The van der Waals surface area contributed by atoms with E-state index in [0.717, 1.165) is 11.5 Å². The Morgan fingerprint density at radius 3 is 2.38 bits per heavy atom. The molecule has 3 rings (SSSR count). The Bertz CT molecular complexity index is 1280. The summed E-state index contributed by atoms with van der Waals surface area (Å²) in [5, 5.41) is 40.6. The lowest BCUT2D eigenvalue weighted by Crippen LogP contribution is -2.55. The largest absolute Gasteiger partial charge is 0.438 e. The molecule has 42 heavy (non-hydrogen) atoms. The first kappa shape index (κ1) is 26.6. The van der Waals surface area contributed by atoms with Crippen molar-refractivity contribution in [3.05, 3.63) is 35.5 Å². The molecule has 0 radical (unpaired) electrons. The summed E-state index contributed by atoms with van der Waals surface area (Å²) in [5.41, 5.74) is -6.62. The first-order valence-corrected chi connectivity index (χ1v) is 14.2.